The lowest BCUT2D eigenvalue weighted by molar-refractivity contribution is 0.446. The minimum Gasteiger partial charge on any atom is -0.312 e. The van der Waals surface area contributed by atoms with E-state index in [4.69, 9.17) is 5.26 Å². The van der Waals surface area contributed by atoms with Crippen LogP contribution in [0, 0.1) is 11.3 Å². The maximum atomic E-state index is 8.36. The first-order chi connectivity index (χ1) is 7.33. The lowest BCUT2D eigenvalue weighted by Gasteiger charge is -2.13. The van der Waals surface area contributed by atoms with E-state index in [2.05, 4.69) is 23.4 Å². The van der Waals surface area contributed by atoms with E-state index in [1.807, 2.05) is 16.9 Å². The van der Waals surface area contributed by atoms with Crippen LogP contribution in [-0.2, 0) is 6.54 Å². The van der Waals surface area contributed by atoms with Gasteiger partial charge in [-0.3, -0.25) is 4.68 Å². The Hall–Kier alpha value is -1.34. The summed E-state index contributed by atoms with van der Waals surface area (Å²) in [7, 11) is 0. The maximum Gasteiger partial charge on any atom is 0.0621 e. The average Bonchev–Trinajstić information content (AvgIpc) is 2.70. The topological polar surface area (TPSA) is 53.6 Å². The molecular formula is C11H18N4. The molecular weight excluding hydrogens is 188 g/mol. The van der Waals surface area contributed by atoms with Crippen molar-refractivity contribution in [2.45, 2.75) is 38.8 Å². The highest BCUT2D eigenvalue weighted by atomic mass is 15.3. The van der Waals surface area contributed by atoms with Gasteiger partial charge in [-0.15, -0.1) is 0 Å². The molecule has 0 aromatic carbocycles. The van der Waals surface area contributed by atoms with E-state index in [0.29, 0.717) is 12.5 Å². The van der Waals surface area contributed by atoms with Crippen molar-refractivity contribution in [2.24, 2.45) is 0 Å². The van der Waals surface area contributed by atoms with Crippen molar-refractivity contribution in [1.82, 2.24) is 15.1 Å². The minimum atomic E-state index is 0.423. The van der Waals surface area contributed by atoms with Crippen LogP contribution >= 0.6 is 0 Å². The number of rotatable bonds is 7. The predicted molar refractivity (Wildman–Crippen MR) is 59.2 cm³/mol. The summed E-state index contributed by atoms with van der Waals surface area (Å²) in [6.45, 7) is 4.02. The fourth-order valence-electron chi connectivity index (χ4n) is 1.43. The third-order valence-electron chi connectivity index (χ3n) is 2.23. The monoisotopic (exact) mass is 206 g/mol. The Balaban J connectivity index is 2.04. The van der Waals surface area contributed by atoms with Crippen molar-refractivity contribution < 1.29 is 0 Å². The molecule has 82 valence electrons. The van der Waals surface area contributed by atoms with Crippen LogP contribution in [0.1, 0.15) is 26.2 Å². The number of nitrogens with zero attached hydrogens (tertiary/aromatic N) is 3. The number of hydrogen-bond acceptors (Lipinski definition) is 3. The van der Waals surface area contributed by atoms with Crippen LogP contribution in [0.3, 0.4) is 0 Å². The second kappa shape index (κ2) is 7.02. The molecule has 1 atom stereocenters. The molecule has 0 bridgehead atoms. The minimum absolute atomic E-state index is 0.423. The molecule has 0 amide bonds. The van der Waals surface area contributed by atoms with Crippen LogP contribution < -0.4 is 5.32 Å². The molecule has 0 saturated heterocycles. The lowest BCUT2D eigenvalue weighted by atomic mass is 10.2. The van der Waals surface area contributed by atoms with Gasteiger partial charge in [-0.1, -0.05) is 0 Å². The van der Waals surface area contributed by atoms with E-state index in [0.717, 1.165) is 25.9 Å². The highest BCUT2D eigenvalue weighted by molar-refractivity contribution is 4.79. The second-order valence-electron chi connectivity index (χ2n) is 3.70. The molecule has 0 fully saturated rings. The highest BCUT2D eigenvalue weighted by Crippen LogP contribution is 1.94. The molecule has 1 aromatic heterocycles. The number of hydrogen-bond donors (Lipinski definition) is 1. The van der Waals surface area contributed by atoms with Gasteiger partial charge >= 0.3 is 0 Å². The fraction of sp³-hybridized carbons (Fsp3) is 0.636. The largest absolute Gasteiger partial charge is 0.312 e. The Bertz CT molecular complexity index is 286. The summed E-state index contributed by atoms with van der Waals surface area (Å²) >= 11 is 0. The first-order valence-corrected chi connectivity index (χ1v) is 5.40. The molecule has 0 radical (unpaired) electrons. The van der Waals surface area contributed by atoms with Crippen LogP contribution in [-0.4, -0.2) is 22.4 Å². The first kappa shape index (κ1) is 11.7. The molecule has 1 rings (SSSR count). The summed E-state index contributed by atoms with van der Waals surface area (Å²) in [6, 6.07) is 4.50. The molecule has 0 aliphatic heterocycles. The van der Waals surface area contributed by atoms with Crippen LogP contribution in [0.4, 0.5) is 0 Å². The highest BCUT2D eigenvalue weighted by Gasteiger charge is 2.01. The molecule has 0 spiro atoms. The summed E-state index contributed by atoms with van der Waals surface area (Å²) in [5, 5.41) is 15.9. The van der Waals surface area contributed by atoms with E-state index in [9.17, 15) is 0 Å². The van der Waals surface area contributed by atoms with Gasteiger partial charge in [0.15, 0.2) is 0 Å². The van der Waals surface area contributed by atoms with Crippen LogP contribution in [0.15, 0.2) is 18.5 Å². The Morgan fingerprint density at radius 3 is 3.07 bits per heavy atom. The summed E-state index contributed by atoms with van der Waals surface area (Å²) in [5.41, 5.74) is 0. The molecule has 1 aromatic rings. The van der Waals surface area contributed by atoms with Crippen LogP contribution in [0.2, 0.25) is 0 Å². The zero-order valence-corrected chi connectivity index (χ0v) is 9.19. The number of unbranched alkanes of at least 4 members (excludes halogenated alkanes) is 2. The van der Waals surface area contributed by atoms with E-state index in [1.54, 1.807) is 6.20 Å². The molecule has 0 aliphatic carbocycles. The third kappa shape index (κ3) is 5.18. The number of nitriles is 1. The van der Waals surface area contributed by atoms with Gasteiger partial charge < -0.3 is 5.32 Å². The first-order valence-electron chi connectivity index (χ1n) is 5.40. The molecule has 15 heavy (non-hydrogen) atoms. The Kier molecular flexibility index (Phi) is 5.49. The maximum absolute atomic E-state index is 8.36. The van der Waals surface area contributed by atoms with Gasteiger partial charge in [0.25, 0.3) is 0 Å². The van der Waals surface area contributed by atoms with Crippen LogP contribution in [0.25, 0.3) is 0 Å². The summed E-state index contributed by atoms with van der Waals surface area (Å²) in [6.07, 6.45) is 6.47. The van der Waals surface area contributed by atoms with E-state index in [1.165, 1.54) is 0 Å². The van der Waals surface area contributed by atoms with Crippen molar-refractivity contribution in [1.29, 1.82) is 5.26 Å². The second-order valence-corrected chi connectivity index (χ2v) is 3.70. The standard InChI is InChI=1S/C11H18N4/c1-11(10-15-9-5-8-14-15)13-7-4-2-3-6-12/h5,8-9,11,13H,2-4,7,10H2,1H3. The normalized spacial score (nSPS) is 12.3. The zero-order valence-electron chi connectivity index (χ0n) is 9.19. The summed E-state index contributed by atoms with van der Waals surface area (Å²) < 4.78 is 1.92. The van der Waals surface area contributed by atoms with Gasteiger partial charge in [-0.25, -0.2) is 0 Å². The molecule has 1 unspecified atom stereocenters. The van der Waals surface area contributed by atoms with Gasteiger partial charge in [0.2, 0.25) is 0 Å². The van der Waals surface area contributed by atoms with Crippen molar-refractivity contribution >= 4 is 0 Å². The predicted octanol–water partition coefficient (Wildman–Crippen LogP) is 1.56. The van der Waals surface area contributed by atoms with Gasteiger partial charge in [0, 0.05) is 24.9 Å². The van der Waals surface area contributed by atoms with Gasteiger partial charge in [0.05, 0.1) is 12.6 Å². The third-order valence-corrected chi connectivity index (χ3v) is 2.23. The van der Waals surface area contributed by atoms with Crippen molar-refractivity contribution in [3.05, 3.63) is 18.5 Å². The zero-order chi connectivity index (χ0) is 10.9. The van der Waals surface area contributed by atoms with Gasteiger partial charge in [-0.05, 0) is 32.4 Å². The van der Waals surface area contributed by atoms with Crippen LogP contribution in [0.5, 0.6) is 0 Å². The Labute approximate surface area is 90.9 Å². The lowest BCUT2D eigenvalue weighted by Crippen LogP contribution is -2.31. The Morgan fingerprint density at radius 1 is 1.53 bits per heavy atom. The molecule has 0 aliphatic rings. The van der Waals surface area contributed by atoms with E-state index >= 15 is 0 Å². The van der Waals surface area contributed by atoms with Gasteiger partial charge in [0.1, 0.15) is 0 Å². The summed E-state index contributed by atoms with van der Waals surface area (Å²) in [4.78, 5) is 0. The molecule has 1 heterocycles. The smallest absolute Gasteiger partial charge is 0.0621 e. The van der Waals surface area contributed by atoms with Crippen molar-refractivity contribution in [2.75, 3.05) is 6.54 Å². The van der Waals surface area contributed by atoms with E-state index < -0.39 is 0 Å². The van der Waals surface area contributed by atoms with Crippen molar-refractivity contribution in [3.8, 4) is 6.07 Å². The van der Waals surface area contributed by atoms with Gasteiger partial charge in [-0.2, -0.15) is 10.4 Å². The molecule has 1 N–H and O–H groups in total. The molecule has 4 nitrogen and oxygen atoms in total. The van der Waals surface area contributed by atoms with Crippen molar-refractivity contribution in [3.63, 3.8) is 0 Å². The quantitative estimate of drug-likeness (QED) is 0.689. The average molecular weight is 206 g/mol. The van der Waals surface area contributed by atoms with E-state index in [-0.39, 0.29) is 0 Å². The molecule has 0 saturated carbocycles. The molecule has 4 heteroatoms. The fourth-order valence-corrected chi connectivity index (χ4v) is 1.43. The Morgan fingerprint density at radius 2 is 2.40 bits per heavy atom. The summed E-state index contributed by atoms with van der Waals surface area (Å²) in [5.74, 6) is 0. The number of nitrogens with one attached hydrogen (secondary N) is 1. The SMILES string of the molecule is CC(Cn1cccn1)NCCCCC#N. The number of aromatic nitrogens is 2.